The summed E-state index contributed by atoms with van der Waals surface area (Å²) < 4.78 is 10.6. The average Bonchev–Trinajstić information content (AvgIpc) is 2.66. The molecule has 1 amide bonds. The van der Waals surface area contributed by atoms with Crippen molar-refractivity contribution in [2.24, 2.45) is 5.73 Å². The van der Waals surface area contributed by atoms with E-state index in [0.29, 0.717) is 13.0 Å². The lowest BCUT2D eigenvalue weighted by Crippen LogP contribution is -2.43. The molecule has 3 N–H and O–H groups in total. The van der Waals surface area contributed by atoms with E-state index in [2.05, 4.69) is 5.32 Å². The van der Waals surface area contributed by atoms with E-state index in [1.165, 1.54) is 0 Å². The number of nitrogens with one attached hydrogen (secondary N) is 1. The molecule has 0 saturated carbocycles. The second-order valence-corrected chi connectivity index (χ2v) is 5.42. The number of carbonyl (C=O) groups is 2. The number of amides is 1. The Bertz CT molecular complexity index is 668. The molecular formula is C19H23ClN2O4. The second-order valence-electron chi connectivity index (χ2n) is 5.42. The third-order valence-corrected chi connectivity index (χ3v) is 3.43. The maximum absolute atomic E-state index is 11.9. The average molecular weight is 379 g/mol. The van der Waals surface area contributed by atoms with E-state index in [0.717, 1.165) is 11.3 Å². The van der Waals surface area contributed by atoms with Gasteiger partial charge < -0.3 is 20.5 Å². The molecule has 2 rings (SSSR count). The molecule has 0 heterocycles. The maximum atomic E-state index is 11.9. The summed E-state index contributed by atoms with van der Waals surface area (Å²) in [6.07, 6.45) is 0.347. The Morgan fingerprint density at radius 1 is 1.00 bits per heavy atom. The number of benzene rings is 2. The normalized spacial score (nSPS) is 11.0. The van der Waals surface area contributed by atoms with Gasteiger partial charge in [-0.1, -0.05) is 48.5 Å². The van der Waals surface area contributed by atoms with Gasteiger partial charge in [0.1, 0.15) is 18.9 Å². The lowest BCUT2D eigenvalue weighted by Gasteiger charge is -2.13. The molecular weight excluding hydrogens is 356 g/mol. The highest BCUT2D eigenvalue weighted by atomic mass is 35.5. The minimum Gasteiger partial charge on any atom is -0.494 e. The van der Waals surface area contributed by atoms with E-state index in [1.807, 2.05) is 60.7 Å². The first-order valence-electron chi connectivity index (χ1n) is 8.06. The molecule has 2 aromatic rings. The van der Waals surface area contributed by atoms with Crippen LogP contribution in [0.25, 0.3) is 0 Å². The molecule has 0 bridgehead atoms. The molecule has 0 spiro atoms. The molecule has 26 heavy (non-hydrogen) atoms. The van der Waals surface area contributed by atoms with Crippen LogP contribution in [0, 0.1) is 0 Å². The summed E-state index contributed by atoms with van der Waals surface area (Å²) in [4.78, 5) is 23.5. The van der Waals surface area contributed by atoms with Crippen LogP contribution in [0.5, 0.6) is 5.75 Å². The zero-order valence-corrected chi connectivity index (χ0v) is 15.1. The van der Waals surface area contributed by atoms with Gasteiger partial charge in [0.25, 0.3) is 0 Å². The predicted molar refractivity (Wildman–Crippen MR) is 101 cm³/mol. The van der Waals surface area contributed by atoms with E-state index in [-0.39, 0.29) is 25.6 Å². The van der Waals surface area contributed by atoms with Crippen LogP contribution >= 0.6 is 12.4 Å². The zero-order chi connectivity index (χ0) is 17.9. The van der Waals surface area contributed by atoms with Crippen molar-refractivity contribution >= 4 is 24.3 Å². The highest BCUT2D eigenvalue weighted by Gasteiger charge is 2.15. The molecule has 0 aliphatic rings. The first-order valence-corrected chi connectivity index (χ1v) is 8.06. The Balaban J connectivity index is 0.00000338. The van der Waals surface area contributed by atoms with Crippen LogP contribution in [0.15, 0.2) is 60.7 Å². The van der Waals surface area contributed by atoms with Crippen LogP contribution in [0.2, 0.25) is 0 Å². The highest BCUT2D eigenvalue weighted by molar-refractivity contribution is 5.85. The number of carbonyl (C=O) groups excluding carboxylic acids is 2. The van der Waals surface area contributed by atoms with E-state index in [9.17, 15) is 9.59 Å². The Kier molecular flexibility index (Phi) is 9.82. The number of esters is 1. The van der Waals surface area contributed by atoms with Gasteiger partial charge in [-0.2, -0.15) is 0 Å². The van der Waals surface area contributed by atoms with Crippen molar-refractivity contribution in [1.29, 1.82) is 0 Å². The van der Waals surface area contributed by atoms with Crippen molar-refractivity contribution in [1.82, 2.24) is 5.32 Å². The van der Waals surface area contributed by atoms with Crippen LogP contribution in [0.4, 0.5) is 0 Å². The minimum absolute atomic E-state index is 0. The van der Waals surface area contributed by atoms with Crippen LogP contribution in [-0.2, 0) is 20.9 Å². The van der Waals surface area contributed by atoms with E-state index in [4.69, 9.17) is 15.2 Å². The number of hydrogen-bond acceptors (Lipinski definition) is 5. The predicted octanol–water partition coefficient (Wildman–Crippen LogP) is 2.06. The van der Waals surface area contributed by atoms with Crippen molar-refractivity contribution in [2.75, 3.05) is 13.2 Å². The van der Waals surface area contributed by atoms with Crippen molar-refractivity contribution in [2.45, 2.75) is 19.1 Å². The topological polar surface area (TPSA) is 90.6 Å². The van der Waals surface area contributed by atoms with Gasteiger partial charge in [0, 0.05) is 6.42 Å². The molecule has 7 heteroatoms. The SMILES string of the molecule is Cl.N[C@@H](CCOc1ccccc1)C(=O)NCC(=O)OCc1ccccc1. The molecule has 2 aromatic carbocycles. The zero-order valence-electron chi connectivity index (χ0n) is 14.3. The molecule has 0 saturated heterocycles. The summed E-state index contributed by atoms with van der Waals surface area (Å²) >= 11 is 0. The van der Waals surface area contributed by atoms with Gasteiger partial charge in [0.05, 0.1) is 12.6 Å². The van der Waals surface area contributed by atoms with E-state index in [1.54, 1.807) is 0 Å². The van der Waals surface area contributed by atoms with Gasteiger partial charge in [-0.15, -0.1) is 12.4 Å². The summed E-state index contributed by atoms with van der Waals surface area (Å²) in [7, 11) is 0. The van der Waals surface area contributed by atoms with Gasteiger partial charge in [-0.05, 0) is 17.7 Å². The fourth-order valence-electron chi connectivity index (χ4n) is 2.03. The van der Waals surface area contributed by atoms with Gasteiger partial charge in [0.2, 0.25) is 5.91 Å². The van der Waals surface area contributed by atoms with Crippen LogP contribution < -0.4 is 15.8 Å². The summed E-state index contributed by atoms with van der Waals surface area (Å²) in [5.41, 5.74) is 6.67. The van der Waals surface area contributed by atoms with Crippen molar-refractivity contribution in [3.8, 4) is 5.75 Å². The van der Waals surface area contributed by atoms with Crippen LogP contribution in [-0.4, -0.2) is 31.1 Å². The number of nitrogens with two attached hydrogens (primary N) is 1. The summed E-state index contributed by atoms with van der Waals surface area (Å²) in [5, 5.41) is 2.47. The summed E-state index contributed by atoms with van der Waals surface area (Å²) in [6.45, 7) is 0.280. The van der Waals surface area contributed by atoms with E-state index < -0.39 is 17.9 Å². The first kappa shape index (κ1) is 21.5. The van der Waals surface area contributed by atoms with Gasteiger partial charge in [0.15, 0.2) is 0 Å². The standard InChI is InChI=1S/C19H22N2O4.ClH/c20-17(11-12-24-16-9-5-2-6-10-16)19(23)21-13-18(22)25-14-15-7-3-1-4-8-15;/h1-10,17H,11-14,20H2,(H,21,23);1H/t17-;/m0./s1. The van der Waals surface area contributed by atoms with Crippen molar-refractivity contribution in [3.63, 3.8) is 0 Å². The van der Waals surface area contributed by atoms with Crippen LogP contribution in [0.3, 0.4) is 0 Å². The second kappa shape index (κ2) is 11.9. The number of ether oxygens (including phenoxy) is 2. The number of hydrogen-bond donors (Lipinski definition) is 2. The smallest absolute Gasteiger partial charge is 0.325 e. The summed E-state index contributed by atoms with van der Waals surface area (Å²) in [5.74, 6) is -0.196. The van der Waals surface area contributed by atoms with Crippen molar-refractivity contribution in [3.05, 3.63) is 66.2 Å². The molecule has 0 fully saturated rings. The van der Waals surface area contributed by atoms with Crippen LogP contribution in [0.1, 0.15) is 12.0 Å². The van der Waals surface area contributed by atoms with Crippen molar-refractivity contribution < 1.29 is 19.1 Å². The van der Waals surface area contributed by atoms with Gasteiger partial charge in [-0.25, -0.2) is 0 Å². The molecule has 0 unspecified atom stereocenters. The first-order chi connectivity index (χ1) is 12.1. The fourth-order valence-corrected chi connectivity index (χ4v) is 2.03. The molecule has 1 atom stereocenters. The molecule has 0 aromatic heterocycles. The highest BCUT2D eigenvalue weighted by Crippen LogP contribution is 2.08. The number of halogens is 1. The lowest BCUT2D eigenvalue weighted by atomic mass is 10.2. The number of para-hydroxylation sites is 1. The molecule has 0 radical (unpaired) electrons. The Morgan fingerprint density at radius 2 is 1.62 bits per heavy atom. The lowest BCUT2D eigenvalue weighted by molar-refractivity contribution is -0.145. The third kappa shape index (κ3) is 8.00. The fraction of sp³-hybridized carbons (Fsp3) is 0.263. The van der Waals surface area contributed by atoms with E-state index >= 15 is 0 Å². The summed E-state index contributed by atoms with van der Waals surface area (Å²) in [6, 6.07) is 17.9. The quantitative estimate of drug-likeness (QED) is 0.652. The molecule has 0 aliphatic carbocycles. The molecule has 0 aliphatic heterocycles. The Morgan fingerprint density at radius 3 is 2.27 bits per heavy atom. The molecule has 6 nitrogen and oxygen atoms in total. The van der Waals surface area contributed by atoms with Gasteiger partial charge in [-0.3, -0.25) is 9.59 Å². The number of rotatable bonds is 9. The third-order valence-electron chi connectivity index (χ3n) is 3.43. The maximum Gasteiger partial charge on any atom is 0.325 e. The Hall–Kier alpha value is -2.57. The molecule has 140 valence electrons. The largest absolute Gasteiger partial charge is 0.494 e. The van der Waals surface area contributed by atoms with Gasteiger partial charge >= 0.3 is 5.97 Å². The Labute approximate surface area is 159 Å². The minimum atomic E-state index is -0.745. The monoisotopic (exact) mass is 378 g/mol.